The van der Waals surface area contributed by atoms with Gasteiger partial charge in [0, 0.05) is 16.8 Å². The van der Waals surface area contributed by atoms with Crippen LogP contribution in [0.4, 0.5) is 14.5 Å². The Balaban J connectivity index is 1.71. The van der Waals surface area contributed by atoms with Crippen molar-refractivity contribution in [3.63, 3.8) is 0 Å². The van der Waals surface area contributed by atoms with Crippen molar-refractivity contribution < 1.29 is 13.6 Å². The van der Waals surface area contributed by atoms with Crippen molar-refractivity contribution >= 4 is 23.2 Å². The fourth-order valence-electron chi connectivity index (χ4n) is 1.86. The topological polar surface area (TPSA) is 41.1 Å². The van der Waals surface area contributed by atoms with Crippen LogP contribution in [0, 0.1) is 11.6 Å². The van der Waals surface area contributed by atoms with Crippen LogP contribution in [0.25, 0.3) is 0 Å². The molecule has 0 spiro atoms. The molecular weight excluding hydrogens is 310 g/mol. The van der Waals surface area contributed by atoms with Gasteiger partial charge in [-0.15, -0.1) is 0 Å². The molecule has 2 N–H and O–H groups in total. The molecule has 0 aliphatic carbocycles. The summed E-state index contributed by atoms with van der Waals surface area (Å²) in [5.41, 5.74) is 1.33. The Morgan fingerprint density at radius 1 is 1.05 bits per heavy atom. The number of amides is 1. The number of carbonyl (C=O) groups is 1. The Morgan fingerprint density at radius 2 is 1.77 bits per heavy atom. The molecule has 0 unspecified atom stereocenters. The van der Waals surface area contributed by atoms with Crippen LogP contribution >= 0.6 is 11.6 Å². The van der Waals surface area contributed by atoms with Crippen molar-refractivity contribution in [1.82, 2.24) is 5.32 Å². The Labute approximate surface area is 132 Å². The van der Waals surface area contributed by atoms with E-state index in [0.29, 0.717) is 11.6 Å². The summed E-state index contributed by atoms with van der Waals surface area (Å²) in [7, 11) is 0. The molecule has 0 saturated heterocycles. The highest BCUT2D eigenvalue weighted by Gasteiger charge is 2.05. The van der Waals surface area contributed by atoms with Crippen LogP contribution < -0.4 is 10.6 Å². The third kappa shape index (κ3) is 5.09. The summed E-state index contributed by atoms with van der Waals surface area (Å²) in [6, 6.07) is 10.7. The van der Waals surface area contributed by atoms with Gasteiger partial charge in [0.1, 0.15) is 0 Å². The Hall–Kier alpha value is -1.98. The average molecular weight is 325 g/mol. The molecule has 0 atom stereocenters. The smallest absolute Gasteiger partial charge is 0.238 e. The molecule has 0 radical (unpaired) electrons. The third-order valence-corrected chi connectivity index (χ3v) is 3.24. The number of hydrogen-bond donors (Lipinski definition) is 2. The minimum Gasteiger partial charge on any atom is -0.325 e. The van der Waals surface area contributed by atoms with Crippen LogP contribution in [0.15, 0.2) is 42.5 Å². The van der Waals surface area contributed by atoms with E-state index in [2.05, 4.69) is 10.6 Å². The molecule has 22 heavy (non-hydrogen) atoms. The van der Waals surface area contributed by atoms with E-state index in [9.17, 15) is 13.6 Å². The quantitative estimate of drug-likeness (QED) is 0.800. The van der Waals surface area contributed by atoms with Gasteiger partial charge in [0.25, 0.3) is 0 Å². The zero-order valence-corrected chi connectivity index (χ0v) is 12.5. The minimum atomic E-state index is -0.992. The molecule has 2 rings (SSSR count). The monoisotopic (exact) mass is 324 g/mol. The third-order valence-electron chi connectivity index (χ3n) is 2.99. The van der Waals surface area contributed by atoms with Gasteiger partial charge >= 0.3 is 0 Å². The van der Waals surface area contributed by atoms with Gasteiger partial charge in [-0.3, -0.25) is 4.79 Å². The maximum absolute atomic E-state index is 13.0. The lowest BCUT2D eigenvalue weighted by Crippen LogP contribution is -2.29. The zero-order chi connectivity index (χ0) is 15.9. The van der Waals surface area contributed by atoms with E-state index >= 15 is 0 Å². The lowest BCUT2D eigenvalue weighted by Gasteiger charge is -2.07. The van der Waals surface area contributed by atoms with E-state index in [4.69, 9.17) is 11.6 Å². The first-order valence-corrected chi connectivity index (χ1v) is 7.12. The molecule has 0 fully saturated rings. The van der Waals surface area contributed by atoms with Crippen molar-refractivity contribution in [2.45, 2.75) is 6.42 Å². The summed E-state index contributed by atoms with van der Waals surface area (Å²) in [6.45, 7) is 0.708. The van der Waals surface area contributed by atoms with Crippen LogP contribution in [0.3, 0.4) is 0 Å². The highest BCUT2D eigenvalue weighted by atomic mass is 35.5. The van der Waals surface area contributed by atoms with Crippen molar-refractivity contribution in [3.05, 3.63) is 64.7 Å². The first-order chi connectivity index (χ1) is 10.5. The van der Waals surface area contributed by atoms with Crippen molar-refractivity contribution in [2.24, 2.45) is 0 Å². The first kappa shape index (κ1) is 16.4. The van der Waals surface area contributed by atoms with Gasteiger partial charge in [-0.05, 0) is 42.8 Å². The number of nitrogens with one attached hydrogen (secondary N) is 2. The predicted molar refractivity (Wildman–Crippen MR) is 83.0 cm³/mol. The predicted octanol–water partition coefficient (Wildman–Crippen LogP) is 3.39. The van der Waals surface area contributed by atoms with E-state index in [-0.39, 0.29) is 18.1 Å². The maximum atomic E-state index is 13.0. The molecule has 0 saturated carbocycles. The fraction of sp³-hybridized carbons (Fsp3) is 0.188. The summed E-state index contributed by atoms with van der Waals surface area (Å²) < 4.78 is 25.8. The number of anilines is 1. The number of rotatable bonds is 6. The first-order valence-electron chi connectivity index (χ1n) is 6.74. The van der Waals surface area contributed by atoms with Crippen LogP contribution in [-0.4, -0.2) is 19.0 Å². The molecule has 3 nitrogen and oxygen atoms in total. The second-order valence-electron chi connectivity index (χ2n) is 4.73. The molecule has 6 heteroatoms. The zero-order valence-electron chi connectivity index (χ0n) is 11.7. The second kappa shape index (κ2) is 7.87. The summed E-state index contributed by atoms with van der Waals surface area (Å²) >= 11 is 5.79. The second-order valence-corrected chi connectivity index (χ2v) is 5.17. The molecule has 0 bridgehead atoms. The Morgan fingerprint density at radius 3 is 2.45 bits per heavy atom. The molecule has 0 heterocycles. The number of benzene rings is 2. The van der Waals surface area contributed by atoms with Gasteiger partial charge in [-0.25, -0.2) is 8.78 Å². The van der Waals surface area contributed by atoms with Crippen molar-refractivity contribution in [2.75, 3.05) is 18.4 Å². The fourth-order valence-corrected chi connectivity index (χ4v) is 1.99. The molecule has 1 amide bonds. The van der Waals surface area contributed by atoms with E-state index in [0.717, 1.165) is 24.1 Å². The summed E-state index contributed by atoms with van der Waals surface area (Å²) in [5, 5.41) is 6.16. The van der Waals surface area contributed by atoms with E-state index in [1.807, 2.05) is 24.3 Å². The van der Waals surface area contributed by atoms with E-state index < -0.39 is 11.6 Å². The van der Waals surface area contributed by atoms with Gasteiger partial charge in [-0.2, -0.15) is 0 Å². The largest absolute Gasteiger partial charge is 0.325 e. The van der Waals surface area contributed by atoms with Gasteiger partial charge in [0.05, 0.1) is 6.54 Å². The molecule has 0 aromatic heterocycles. The van der Waals surface area contributed by atoms with Crippen LogP contribution in [0.2, 0.25) is 5.02 Å². The normalized spacial score (nSPS) is 10.5. The lowest BCUT2D eigenvalue weighted by atomic mass is 10.1. The van der Waals surface area contributed by atoms with Gasteiger partial charge in [-0.1, -0.05) is 23.7 Å². The van der Waals surface area contributed by atoms with Crippen LogP contribution in [-0.2, 0) is 11.2 Å². The molecule has 2 aromatic rings. The van der Waals surface area contributed by atoms with Crippen molar-refractivity contribution in [3.8, 4) is 0 Å². The highest BCUT2D eigenvalue weighted by molar-refractivity contribution is 6.30. The van der Waals surface area contributed by atoms with E-state index in [1.165, 1.54) is 6.07 Å². The summed E-state index contributed by atoms with van der Waals surface area (Å²) in [6.07, 6.45) is 0.760. The number of halogens is 3. The van der Waals surface area contributed by atoms with Crippen molar-refractivity contribution in [1.29, 1.82) is 0 Å². The standard InChI is InChI=1S/C16H15ClF2N2O/c17-12-3-1-11(2-4-12)7-8-20-10-16(22)21-13-5-6-14(18)15(19)9-13/h1-6,9,20H,7-8,10H2,(H,21,22). The van der Waals surface area contributed by atoms with Gasteiger partial charge in [0.2, 0.25) is 5.91 Å². The summed E-state index contributed by atoms with van der Waals surface area (Å²) in [5.74, 6) is -2.25. The minimum absolute atomic E-state index is 0.0899. The molecular formula is C16H15ClF2N2O. The van der Waals surface area contributed by atoms with E-state index in [1.54, 1.807) is 0 Å². The molecule has 0 aliphatic heterocycles. The molecule has 0 aliphatic rings. The Kier molecular flexibility index (Phi) is 5.86. The molecule has 116 valence electrons. The average Bonchev–Trinajstić information content (AvgIpc) is 2.49. The Bertz CT molecular complexity index is 647. The lowest BCUT2D eigenvalue weighted by molar-refractivity contribution is -0.115. The highest BCUT2D eigenvalue weighted by Crippen LogP contribution is 2.12. The number of hydrogen-bond acceptors (Lipinski definition) is 2. The van der Waals surface area contributed by atoms with Crippen LogP contribution in [0.1, 0.15) is 5.56 Å². The summed E-state index contributed by atoms with van der Waals surface area (Å²) in [4.78, 5) is 11.7. The SMILES string of the molecule is O=C(CNCCc1ccc(Cl)cc1)Nc1ccc(F)c(F)c1. The number of carbonyl (C=O) groups excluding carboxylic acids is 1. The van der Waals surface area contributed by atoms with Gasteiger partial charge < -0.3 is 10.6 Å². The maximum Gasteiger partial charge on any atom is 0.238 e. The molecule has 2 aromatic carbocycles. The van der Waals surface area contributed by atoms with Gasteiger partial charge in [0.15, 0.2) is 11.6 Å². The van der Waals surface area contributed by atoms with Crippen LogP contribution in [0.5, 0.6) is 0 Å².